The summed E-state index contributed by atoms with van der Waals surface area (Å²) in [7, 11) is -3.88. The molecular weight excluding hydrogens is 414 g/mol. The van der Waals surface area contributed by atoms with E-state index >= 15 is 0 Å². The van der Waals surface area contributed by atoms with Crippen molar-refractivity contribution in [1.29, 1.82) is 0 Å². The zero-order valence-electron chi connectivity index (χ0n) is 14.2. The minimum atomic E-state index is -3.88. The van der Waals surface area contributed by atoms with Gasteiger partial charge in [-0.2, -0.15) is 4.31 Å². The number of amides is 1. The van der Waals surface area contributed by atoms with Crippen LogP contribution in [0.4, 0.5) is 10.1 Å². The summed E-state index contributed by atoms with van der Waals surface area (Å²) in [6.07, 6.45) is 1.06. The summed E-state index contributed by atoms with van der Waals surface area (Å²) in [6.45, 7) is 0.307. The minimum Gasteiger partial charge on any atom is -0.326 e. The zero-order valence-corrected chi connectivity index (χ0v) is 16.5. The van der Waals surface area contributed by atoms with Gasteiger partial charge in [0, 0.05) is 23.8 Å². The Morgan fingerprint density at radius 3 is 2.70 bits per heavy atom. The Morgan fingerprint density at radius 1 is 1.19 bits per heavy atom. The Morgan fingerprint density at radius 2 is 1.96 bits per heavy atom. The lowest BCUT2D eigenvalue weighted by Crippen LogP contribution is -2.43. The number of piperidine rings is 1. The molecule has 1 atom stereocenters. The van der Waals surface area contributed by atoms with Crippen LogP contribution in [0, 0.1) is 11.7 Å². The third-order valence-electron chi connectivity index (χ3n) is 4.36. The molecule has 1 aliphatic rings. The average Bonchev–Trinajstić information content (AvgIpc) is 2.63. The highest BCUT2D eigenvalue weighted by molar-refractivity contribution is 7.89. The number of anilines is 1. The molecule has 1 fully saturated rings. The highest BCUT2D eigenvalue weighted by Gasteiger charge is 2.34. The van der Waals surface area contributed by atoms with Gasteiger partial charge >= 0.3 is 0 Å². The van der Waals surface area contributed by atoms with Gasteiger partial charge in [-0.3, -0.25) is 4.79 Å². The molecule has 1 heterocycles. The van der Waals surface area contributed by atoms with E-state index in [1.165, 1.54) is 40.7 Å². The Labute approximate surface area is 167 Å². The smallest absolute Gasteiger partial charge is 0.244 e. The molecule has 2 aromatic carbocycles. The first kappa shape index (κ1) is 20.1. The quantitative estimate of drug-likeness (QED) is 0.790. The van der Waals surface area contributed by atoms with Crippen molar-refractivity contribution in [2.75, 3.05) is 18.4 Å². The van der Waals surface area contributed by atoms with Crippen molar-refractivity contribution >= 4 is 44.8 Å². The first-order chi connectivity index (χ1) is 12.8. The summed E-state index contributed by atoms with van der Waals surface area (Å²) in [5.74, 6) is -1.36. The van der Waals surface area contributed by atoms with Crippen LogP contribution in [0.5, 0.6) is 0 Å². The maximum Gasteiger partial charge on any atom is 0.244 e. The van der Waals surface area contributed by atoms with Crippen molar-refractivity contribution < 1.29 is 17.6 Å². The minimum absolute atomic E-state index is 0.0202. The van der Waals surface area contributed by atoms with Gasteiger partial charge in [0.05, 0.1) is 10.9 Å². The van der Waals surface area contributed by atoms with Gasteiger partial charge in [0.1, 0.15) is 10.7 Å². The first-order valence-corrected chi connectivity index (χ1v) is 10.5. The molecule has 1 N–H and O–H groups in total. The van der Waals surface area contributed by atoms with Gasteiger partial charge in [-0.1, -0.05) is 29.3 Å². The molecule has 5 nitrogen and oxygen atoms in total. The fourth-order valence-corrected chi connectivity index (χ4v) is 5.26. The molecule has 9 heteroatoms. The number of carbonyl (C=O) groups excluding carboxylic acids is 1. The largest absolute Gasteiger partial charge is 0.326 e. The van der Waals surface area contributed by atoms with Crippen LogP contribution in [0.2, 0.25) is 10.0 Å². The number of hydrogen-bond donors (Lipinski definition) is 1. The molecule has 0 bridgehead atoms. The van der Waals surface area contributed by atoms with Crippen LogP contribution in [-0.2, 0) is 14.8 Å². The fraction of sp³-hybridized carbons (Fsp3) is 0.278. The van der Waals surface area contributed by atoms with Crippen molar-refractivity contribution in [3.8, 4) is 0 Å². The van der Waals surface area contributed by atoms with E-state index in [1.54, 1.807) is 6.07 Å². The molecule has 3 rings (SSSR count). The molecule has 144 valence electrons. The lowest BCUT2D eigenvalue weighted by Gasteiger charge is -2.31. The van der Waals surface area contributed by atoms with E-state index in [1.807, 2.05) is 0 Å². The second-order valence-electron chi connectivity index (χ2n) is 6.28. The van der Waals surface area contributed by atoms with Gasteiger partial charge in [0.15, 0.2) is 0 Å². The van der Waals surface area contributed by atoms with E-state index in [0.29, 0.717) is 18.5 Å². The van der Waals surface area contributed by atoms with Crippen LogP contribution < -0.4 is 5.32 Å². The SMILES string of the molecule is O=C(Nc1cccc(F)c1)[C@@H]1CCCN(S(=O)(=O)c2cc(Cl)ccc2Cl)C1. The lowest BCUT2D eigenvalue weighted by molar-refractivity contribution is -0.120. The molecule has 0 unspecified atom stereocenters. The van der Waals surface area contributed by atoms with E-state index in [4.69, 9.17) is 23.2 Å². The van der Waals surface area contributed by atoms with Crippen molar-refractivity contribution in [1.82, 2.24) is 4.31 Å². The van der Waals surface area contributed by atoms with Crippen molar-refractivity contribution in [2.24, 2.45) is 5.92 Å². The maximum absolute atomic E-state index is 13.3. The van der Waals surface area contributed by atoms with Crippen LogP contribution in [0.3, 0.4) is 0 Å². The number of nitrogens with zero attached hydrogens (tertiary/aromatic N) is 1. The van der Waals surface area contributed by atoms with Gasteiger partial charge in [-0.05, 0) is 49.2 Å². The van der Waals surface area contributed by atoms with Crippen molar-refractivity contribution in [3.63, 3.8) is 0 Å². The number of sulfonamides is 1. The molecule has 1 aliphatic heterocycles. The lowest BCUT2D eigenvalue weighted by atomic mass is 9.99. The average molecular weight is 431 g/mol. The number of nitrogens with one attached hydrogen (secondary N) is 1. The number of benzene rings is 2. The highest BCUT2D eigenvalue weighted by atomic mass is 35.5. The predicted octanol–water partition coefficient (Wildman–Crippen LogP) is 4.17. The second-order valence-corrected chi connectivity index (χ2v) is 9.03. The summed E-state index contributed by atoms with van der Waals surface area (Å²) in [5.41, 5.74) is 0.331. The zero-order chi connectivity index (χ0) is 19.6. The molecule has 0 radical (unpaired) electrons. The fourth-order valence-electron chi connectivity index (χ4n) is 3.00. The van der Waals surface area contributed by atoms with E-state index in [9.17, 15) is 17.6 Å². The molecule has 0 aromatic heterocycles. The third-order valence-corrected chi connectivity index (χ3v) is 6.94. The van der Waals surface area contributed by atoms with Crippen LogP contribution in [0.25, 0.3) is 0 Å². The van der Waals surface area contributed by atoms with E-state index in [-0.39, 0.29) is 33.9 Å². The standard InChI is InChI=1S/C18H17Cl2FN2O3S/c19-13-6-7-16(20)17(9-13)27(25,26)23-8-2-3-12(11-23)18(24)22-15-5-1-4-14(21)10-15/h1,4-7,9-10,12H,2-3,8,11H2,(H,22,24)/t12-/m1/s1. The summed E-state index contributed by atoms with van der Waals surface area (Å²) >= 11 is 11.9. The van der Waals surface area contributed by atoms with Crippen LogP contribution in [0.1, 0.15) is 12.8 Å². The topological polar surface area (TPSA) is 66.5 Å². The maximum atomic E-state index is 13.3. The molecule has 1 saturated heterocycles. The van der Waals surface area contributed by atoms with Gasteiger partial charge in [-0.25, -0.2) is 12.8 Å². The highest BCUT2D eigenvalue weighted by Crippen LogP contribution is 2.30. The van der Waals surface area contributed by atoms with Gasteiger partial charge in [-0.15, -0.1) is 0 Å². The van der Waals surface area contributed by atoms with E-state index in [0.717, 1.165) is 0 Å². The normalized spacial score (nSPS) is 18.3. The second kappa shape index (κ2) is 8.14. The van der Waals surface area contributed by atoms with Crippen molar-refractivity contribution in [3.05, 3.63) is 58.3 Å². The van der Waals surface area contributed by atoms with Gasteiger partial charge in [0.2, 0.25) is 15.9 Å². The molecule has 0 spiro atoms. The molecule has 2 aromatic rings. The number of halogens is 3. The third kappa shape index (κ3) is 4.60. The molecule has 27 heavy (non-hydrogen) atoms. The number of rotatable bonds is 4. The monoisotopic (exact) mass is 430 g/mol. The van der Waals surface area contributed by atoms with E-state index < -0.39 is 21.8 Å². The summed E-state index contributed by atoms with van der Waals surface area (Å²) in [6, 6.07) is 9.78. The molecular formula is C18H17Cl2FN2O3S. The molecule has 0 saturated carbocycles. The Hall–Kier alpha value is -1.67. The predicted molar refractivity (Wildman–Crippen MR) is 103 cm³/mol. The van der Waals surface area contributed by atoms with Crippen LogP contribution in [-0.4, -0.2) is 31.7 Å². The number of hydrogen-bond acceptors (Lipinski definition) is 3. The van der Waals surface area contributed by atoms with Crippen LogP contribution >= 0.6 is 23.2 Å². The van der Waals surface area contributed by atoms with Crippen LogP contribution in [0.15, 0.2) is 47.4 Å². The summed E-state index contributed by atoms with van der Waals surface area (Å²) in [5, 5.41) is 2.97. The molecule has 0 aliphatic carbocycles. The van der Waals surface area contributed by atoms with Crippen molar-refractivity contribution in [2.45, 2.75) is 17.7 Å². The summed E-state index contributed by atoms with van der Waals surface area (Å²) < 4.78 is 40.4. The van der Waals surface area contributed by atoms with E-state index in [2.05, 4.69) is 5.32 Å². The van der Waals surface area contributed by atoms with Gasteiger partial charge < -0.3 is 5.32 Å². The molecule has 1 amide bonds. The Bertz CT molecular complexity index is 969. The Balaban J connectivity index is 1.77. The Kier molecular flexibility index (Phi) is 6.05. The first-order valence-electron chi connectivity index (χ1n) is 8.29. The number of carbonyl (C=O) groups is 1. The summed E-state index contributed by atoms with van der Waals surface area (Å²) in [4.78, 5) is 12.4. The van der Waals surface area contributed by atoms with Gasteiger partial charge in [0.25, 0.3) is 0 Å².